The van der Waals surface area contributed by atoms with E-state index in [0.29, 0.717) is 18.0 Å². The predicted octanol–water partition coefficient (Wildman–Crippen LogP) is 1.79. The molecule has 6 nitrogen and oxygen atoms in total. The first-order valence-electron chi connectivity index (χ1n) is 9.17. The summed E-state index contributed by atoms with van der Waals surface area (Å²) in [5.74, 6) is 3.41. The van der Waals surface area contributed by atoms with Gasteiger partial charge in [0.2, 0.25) is 0 Å². The monoisotopic (exact) mass is 380 g/mol. The van der Waals surface area contributed by atoms with Crippen molar-refractivity contribution in [2.45, 2.75) is 18.4 Å². The van der Waals surface area contributed by atoms with E-state index in [1.165, 1.54) is 0 Å². The number of hydrogen-bond donors (Lipinski definition) is 1. The number of nitrogens with one attached hydrogen (secondary N) is 1. The molecule has 1 aromatic rings. The van der Waals surface area contributed by atoms with Gasteiger partial charge in [-0.2, -0.15) is 11.8 Å². The molecular formula is C19H28N2O4S. The van der Waals surface area contributed by atoms with Crippen molar-refractivity contribution in [3.05, 3.63) is 24.3 Å². The molecule has 1 amide bonds. The second kappa shape index (κ2) is 9.48. The molecule has 0 aliphatic carbocycles. The first kappa shape index (κ1) is 19.3. The van der Waals surface area contributed by atoms with Gasteiger partial charge in [-0.3, -0.25) is 9.69 Å². The number of ether oxygens (including phenoxy) is 3. The molecule has 0 radical (unpaired) electrons. The van der Waals surface area contributed by atoms with Gasteiger partial charge < -0.3 is 19.5 Å². The predicted molar refractivity (Wildman–Crippen MR) is 103 cm³/mol. The number of carbonyl (C=O) groups excluding carboxylic acids is 1. The molecule has 26 heavy (non-hydrogen) atoms. The number of carbonyl (C=O) groups is 1. The highest BCUT2D eigenvalue weighted by Crippen LogP contribution is 2.32. The SMILES string of the molecule is COc1ccccc1OCC(=O)NCC1(N2CCOCC2)CCSCC1. The Labute approximate surface area is 159 Å². The third-order valence-corrected chi connectivity index (χ3v) is 6.13. The molecule has 0 bridgehead atoms. The molecule has 1 N–H and O–H groups in total. The highest BCUT2D eigenvalue weighted by atomic mass is 32.2. The number of amides is 1. The summed E-state index contributed by atoms with van der Waals surface area (Å²) < 4.78 is 16.4. The van der Waals surface area contributed by atoms with E-state index in [2.05, 4.69) is 10.2 Å². The first-order valence-corrected chi connectivity index (χ1v) is 10.3. The maximum atomic E-state index is 12.4. The van der Waals surface area contributed by atoms with Crippen molar-refractivity contribution in [3.63, 3.8) is 0 Å². The lowest BCUT2D eigenvalue weighted by molar-refractivity contribution is -0.124. The Hall–Kier alpha value is -1.44. The molecule has 2 fully saturated rings. The summed E-state index contributed by atoms with van der Waals surface area (Å²) in [6.45, 7) is 4.10. The summed E-state index contributed by atoms with van der Waals surface area (Å²) >= 11 is 2.00. The van der Waals surface area contributed by atoms with Crippen molar-refractivity contribution < 1.29 is 19.0 Å². The normalized spacial score (nSPS) is 20.3. The lowest BCUT2D eigenvalue weighted by Crippen LogP contribution is -2.60. The van der Waals surface area contributed by atoms with E-state index in [9.17, 15) is 4.79 Å². The quantitative estimate of drug-likeness (QED) is 0.778. The Kier molecular flexibility index (Phi) is 7.05. The average Bonchev–Trinajstić information content (AvgIpc) is 2.72. The van der Waals surface area contributed by atoms with Crippen LogP contribution in [0.2, 0.25) is 0 Å². The van der Waals surface area contributed by atoms with Gasteiger partial charge in [0.1, 0.15) is 0 Å². The van der Waals surface area contributed by atoms with Crippen LogP contribution in [-0.2, 0) is 9.53 Å². The third kappa shape index (κ3) is 4.84. The second-order valence-electron chi connectivity index (χ2n) is 6.65. The van der Waals surface area contributed by atoms with E-state index in [-0.39, 0.29) is 18.1 Å². The van der Waals surface area contributed by atoms with E-state index in [0.717, 1.165) is 50.7 Å². The molecule has 2 heterocycles. The minimum absolute atomic E-state index is 0.00564. The van der Waals surface area contributed by atoms with Crippen molar-refractivity contribution in [3.8, 4) is 11.5 Å². The van der Waals surface area contributed by atoms with Crippen molar-refractivity contribution in [1.29, 1.82) is 0 Å². The fourth-order valence-corrected chi connectivity index (χ4v) is 4.84. The zero-order chi connectivity index (χ0) is 18.2. The van der Waals surface area contributed by atoms with E-state index in [1.54, 1.807) is 13.2 Å². The third-order valence-electron chi connectivity index (χ3n) is 5.15. The van der Waals surface area contributed by atoms with Crippen molar-refractivity contribution in [2.24, 2.45) is 0 Å². The van der Waals surface area contributed by atoms with Crippen LogP contribution in [0.1, 0.15) is 12.8 Å². The Bertz CT molecular complexity index is 587. The van der Waals surface area contributed by atoms with Gasteiger partial charge in [0.15, 0.2) is 18.1 Å². The molecule has 0 unspecified atom stereocenters. The van der Waals surface area contributed by atoms with Crippen LogP contribution in [0, 0.1) is 0 Å². The van der Waals surface area contributed by atoms with E-state index < -0.39 is 0 Å². The summed E-state index contributed by atoms with van der Waals surface area (Å²) in [6.07, 6.45) is 2.20. The number of benzene rings is 1. The number of nitrogens with zero attached hydrogens (tertiary/aromatic N) is 1. The van der Waals surface area contributed by atoms with Crippen molar-refractivity contribution in [2.75, 3.05) is 58.1 Å². The Morgan fingerprint density at radius 3 is 2.62 bits per heavy atom. The van der Waals surface area contributed by atoms with Crippen LogP contribution in [0.15, 0.2) is 24.3 Å². The summed E-state index contributed by atoms with van der Waals surface area (Å²) in [4.78, 5) is 14.9. The summed E-state index contributed by atoms with van der Waals surface area (Å²) in [5.41, 5.74) is 0.0507. The maximum absolute atomic E-state index is 12.4. The van der Waals surface area contributed by atoms with Crippen molar-refractivity contribution in [1.82, 2.24) is 10.2 Å². The van der Waals surface area contributed by atoms with E-state index >= 15 is 0 Å². The molecule has 2 aliphatic rings. The molecule has 0 aromatic heterocycles. The average molecular weight is 381 g/mol. The maximum Gasteiger partial charge on any atom is 0.258 e. The summed E-state index contributed by atoms with van der Waals surface area (Å²) in [5, 5.41) is 3.10. The molecular weight excluding hydrogens is 352 g/mol. The highest BCUT2D eigenvalue weighted by molar-refractivity contribution is 7.99. The zero-order valence-corrected chi connectivity index (χ0v) is 16.2. The minimum atomic E-state index is -0.0956. The topological polar surface area (TPSA) is 60.0 Å². The number of hydrogen-bond acceptors (Lipinski definition) is 6. The molecule has 2 aliphatic heterocycles. The number of methoxy groups -OCH3 is 1. The molecule has 0 saturated carbocycles. The van der Waals surface area contributed by atoms with Crippen LogP contribution in [0.5, 0.6) is 11.5 Å². The van der Waals surface area contributed by atoms with Gasteiger partial charge in [0.05, 0.1) is 20.3 Å². The van der Waals surface area contributed by atoms with Crippen LogP contribution in [0.3, 0.4) is 0 Å². The lowest BCUT2D eigenvalue weighted by Gasteiger charge is -2.48. The second-order valence-corrected chi connectivity index (χ2v) is 7.88. The van der Waals surface area contributed by atoms with Gasteiger partial charge in [-0.1, -0.05) is 12.1 Å². The van der Waals surface area contributed by atoms with Gasteiger partial charge in [0, 0.05) is 25.2 Å². The van der Waals surface area contributed by atoms with Crippen LogP contribution in [-0.4, -0.2) is 74.4 Å². The number of rotatable bonds is 7. The standard InChI is InChI=1S/C19H28N2O4S/c1-23-16-4-2-3-5-17(16)25-14-18(22)20-15-19(6-12-26-13-7-19)21-8-10-24-11-9-21/h2-5H,6-15H2,1H3,(H,20,22). The van der Waals surface area contributed by atoms with Gasteiger partial charge >= 0.3 is 0 Å². The smallest absolute Gasteiger partial charge is 0.258 e. The molecule has 144 valence electrons. The van der Waals surface area contributed by atoms with Crippen LogP contribution in [0.25, 0.3) is 0 Å². The molecule has 1 aromatic carbocycles. The Morgan fingerprint density at radius 1 is 1.23 bits per heavy atom. The lowest BCUT2D eigenvalue weighted by atomic mass is 9.89. The fourth-order valence-electron chi connectivity index (χ4n) is 3.59. The van der Waals surface area contributed by atoms with Gasteiger partial charge in [-0.15, -0.1) is 0 Å². The van der Waals surface area contributed by atoms with Crippen molar-refractivity contribution >= 4 is 17.7 Å². The highest BCUT2D eigenvalue weighted by Gasteiger charge is 2.39. The molecule has 0 spiro atoms. The molecule has 3 rings (SSSR count). The van der Waals surface area contributed by atoms with Crippen LogP contribution >= 0.6 is 11.8 Å². The Balaban J connectivity index is 1.54. The zero-order valence-electron chi connectivity index (χ0n) is 15.4. The summed E-state index contributed by atoms with van der Waals surface area (Å²) in [6, 6.07) is 7.36. The molecule has 2 saturated heterocycles. The van der Waals surface area contributed by atoms with E-state index in [4.69, 9.17) is 14.2 Å². The Morgan fingerprint density at radius 2 is 1.92 bits per heavy atom. The van der Waals surface area contributed by atoms with Gasteiger partial charge in [0.25, 0.3) is 5.91 Å². The fraction of sp³-hybridized carbons (Fsp3) is 0.632. The van der Waals surface area contributed by atoms with Gasteiger partial charge in [-0.25, -0.2) is 0 Å². The largest absolute Gasteiger partial charge is 0.493 e. The van der Waals surface area contributed by atoms with Crippen LogP contribution in [0.4, 0.5) is 0 Å². The van der Waals surface area contributed by atoms with E-state index in [1.807, 2.05) is 30.0 Å². The molecule has 0 atom stereocenters. The minimum Gasteiger partial charge on any atom is -0.493 e. The molecule has 7 heteroatoms. The summed E-state index contributed by atoms with van der Waals surface area (Å²) in [7, 11) is 1.59. The number of thioether (sulfide) groups is 1. The first-order chi connectivity index (χ1) is 12.7. The van der Waals surface area contributed by atoms with Crippen LogP contribution < -0.4 is 14.8 Å². The van der Waals surface area contributed by atoms with Gasteiger partial charge in [-0.05, 0) is 36.5 Å². The number of morpholine rings is 1. The number of para-hydroxylation sites is 2.